The van der Waals surface area contributed by atoms with Crippen LogP contribution in [0.3, 0.4) is 0 Å². The Labute approximate surface area is 137 Å². The van der Waals surface area contributed by atoms with Gasteiger partial charge >= 0.3 is 0 Å². The van der Waals surface area contributed by atoms with Crippen molar-refractivity contribution in [3.05, 3.63) is 48.0 Å². The molecule has 2 saturated heterocycles. The van der Waals surface area contributed by atoms with Gasteiger partial charge < -0.3 is 10.2 Å². The molecule has 0 saturated carbocycles. The number of carbonyl (C=O) groups excluding carboxylic acids is 1. The van der Waals surface area contributed by atoms with Crippen molar-refractivity contribution in [1.29, 1.82) is 0 Å². The summed E-state index contributed by atoms with van der Waals surface area (Å²) in [7, 11) is 0. The predicted octanol–water partition coefficient (Wildman–Crippen LogP) is 3.45. The first-order valence-corrected chi connectivity index (χ1v) is 8.75. The molecule has 2 fully saturated rings. The summed E-state index contributed by atoms with van der Waals surface area (Å²) >= 11 is 0. The molecule has 0 aliphatic carbocycles. The van der Waals surface area contributed by atoms with Gasteiger partial charge in [0.1, 0.15) is 0 Å². The van der Waals surface area contributed by atoms with Crippen LogP contribution in [0.2, 0.25) is 0 Å². The second-order valence-electron chi connectivity index (χ2n) is 7.10. The Morgan fingerprint density at radius 3 is 2.35 bits per heavy atom. The van der Waals surface area contributed by atoms with Crippen molar-refractivity contribution in [3.8, 4) is 0 Å². The number of hydrogen-bond acceptors (Lipinski definition) is 2. The van der Waals surface area contributed by atoms with Gasteiger partial charge in [-0.2, -0.15) is 0 Å². The van der Waals surface area contributed by atoms with Crippen LogP contribution in [0.1, 0.15) is 36.0 Å². The molecule has 0 bridgehead atoms. The second kappa shape index (κ2) is 5.97. The van der Waals surface area contributed by atoms with Gasteiger partial charge in [0.25, 0.3) is 5.91 Å². The van der Waals surface area contributed by atoms with E-state index in [1.54, 1.807) is 0 Å². The number of hydrogen-bond donors (Lipinski definition) is 1. The van der Waals surface area contributed by atoms with Crippen molar-refractivity contribution < 1.29 is 4.79 Å². The molecule has 120 valence electrons. The van der Waals surface area contributed by atoms with Crippen LogP contribution in [0, 0.1) is 5.41 Å². The van der Waals surface area contributed by atoms with Gasteiger partial charge in [-0.05, 0) is 67.1 Å². The molecule has 1 spiro atoms. The molecular weight excluding hydrogens is 284 g/mol. The third kappa shape index (κ3) is 2.86. The number of likely N-dealkylation sites (tertiary alicyclic amines) is 1. The molecule has 3 heteroatoms. The molecule has 2 aliphatic rings. The van der Waals surface area contributed by atoms with E-state index in [1.165, 1.54) is 18.2 Å². The molecule has 4 rings (SSSR count). The number of carbonyl (C=O) groups is 1. The average molecular weight is 308 g/mol. The van der Waals surface area contributed by atoms with Gasteiger partial charge in [-0.15, -0.1) is 0 Å². The monoisotopic (exact) mass is 308 g/mol. The molecule has 2 heterocycles. The Hall–Kier alpha value is -1.87. The number of benzene rings is 2. The lowest BCUT2D eigenvalue weighted by molar-refractivity contribution is 0.0496. The molecule has 0 aromatic heterocycles. The van der Waals surface area contributed by atoms with E-state index in [-0.39, 0.29) is 5.91 Å². The molecule has 3 nitrogen and oxygen atoms in total. The predicted molar refractivity (Wildman–Crippen MR) is 93.6 cm³/mol. The first kappa shape index (κ1) is 14.7. The molecule has 1 amide bonds. The highest BCUT2D eigenvalue weighted by Gasteiger charge is 2.36. The third-order valence-electron chi connectivity index (χ3n) is 5.77. The fourth-order valence-corrected chi connectivity index (χ4v) is 4.15. The minimum absolute atomic E-state index is 0.194. The summed E-state index contributed by atoms with van der Waals surface area (Å²) in [5.41, 5.74) is 1.32. The Kier molecular flexibility index (Phi) is 3.82. The molecular formula is C20H24N2O. The van der Waals surface area contributed by atoms with Gasteiger partial charge in [-0.3, -0.25) is 4.79 Å². The first-order chi connectivity index (χ1) is 11.3. The molecule has 0 radical (unpaired) electrons. The maximum atomic E-state index is 12.8. The zero-order chi connectivity index (χ0) is 15.7. The number of nitrogens with one attached hydrogen (secondary N) is 1. The van der Waals surface area contributed by atoms with E-state index < -0.39 is 0 Å². The van der Waals surface area contributed by atoms with Crippen molar-refractivity contribution >= 4 is 16.7 Å². The molecule has 23 heavy (non-hydrogen) atoms. The molecule has 2 aliphatic heterocycles. The standard InChI is InChI=1S/C20H24N2O/c23-19(18-6-5-16-3-1-2-4-17(16)15-18)22-13-9-20(10-14-22)7-11-21-12-8-20/h1-6,15,21H,7-14H2. The summed E-state index contributed by atoms with van der Waals surface area (Å²) in [6.07, 6.45) is 4.86. The van der Waals surface area contributed by atoms with Crippen molar-refractivity contribution in [1.82, 2.24) is 10.2 Å². The normalized spacial score (nSPS) is 20.8. The number of nitrogens with zero attached hydrogens (tertiary/aromatic N) is 1. The first-order valence-electron chi connectivity index (χ1n) is 8.75. The fraction of sp³-hybridized carbons (Fsp3) is 0.450. The average Bonchev–Trinajstić information content (AvgIpc) is 2.62. The van der Waals surface area contributed by atoms with E-state index in [9.17, 15) is 4.79 Å². The van der Waals surface area contributed by atoms with E-state index in [0.29, 0.717) is 5.41 Å². The van der Waals surface area contributed by atoms with E-state index in [4.69, 9.17) is 0 Å². The van der Waals surface area contributed by atoms with Crippen LogP contribution in [0.15, 0.2) is 42.5 Å². The highest BCUT2D eigenvalue weighted by molar-refractivity contribution is 5.98. The second-order valence-corrected chi connectivity index (χ2v) is 7.10. The smallest absolute Gasteiger partial charge is 0.253 e. The lowest BCUT2D eigenvalue weighted by atomic mass is 9.71. The topological polar surface area (TPSA) is 32.3 Å². The minimum atomic E-state index is 0.194. The third-order valence-corrected chi connectivity index (χ3v) is 5.77. The lowest BCUT2D eigenvalue weighted by Gasteiger charge is -2.44. The summed E-state index contributed by atoms with van der Waals surface area (Å²) in [6.45, 7) is 4.09. The van der Waals surface area contributed by atoms with Gasteiger partial charge in [-0.25, -0.2) is 0 Å². The van der Waals surface area contributed by atoms with Gasteiger partial charge in [0, 0.05) is 18.7 Å². The van der Waals surface area contributed by atoms with Crippen LogP contribution in [0.5, 0.6) is 0 Å². The van der Waals surface area contributed by atoms with E-state index >= 15 is 0 Å². The summed E-state index contributed by atoms with van der Waals surface area (Å²) in [5.74, 6) is 0.194. The van der Waals surface area contributed by atoms with Gasteiger partial charge in [0.15, 0.2) is 0 Å². The van der Waals surface area contributed by atoms with Gasteiger partial charge in [-0.1, -0.05) is 30.3 Å². The van der Waals surface area contributed by atoms with Crippen LogP contribution in [-0.2, 0) is 0 Å². The van der Waals surface area contributed by atoms with Gasteiger partial charge in [0.05, 0.1) is 0 Å². The highest BCUT2D eigenvalue weighted by Crippen LogP contribution is 2.39. The van der Waals surface area contributed by atoms with Crippen molar-refractivity contribution in [2.45, 2.75) is 25.7 Å². The van der Waals surface area contributed by atoms with Crippen molar-refractivity contribution in [2.75, 3.05) is 26.2 Å². The maximum Gasteiger partial charge on any atom is 0.253 e. The Morgan fingerprint density at radius 2 is 1.61 bits per heavy atom. The van der Waals surface area contributed by atoms with Crippen LogP contribution in [0.25, 0.3) is 10.8 Å². The van der Waals surface area contributed by atoms with Crippen LogP contribution >= 0.6 is 0 Å². The van der Waals surface area contributed by atoms with E-state index in [1.807, 2.05) is 24.3 Å². The summed E-state index contributed by atoms with van der Waals surface area (Å²) in [6, 6.07) is 14.3. The maximum absolute atomic E-state index is 12.8. The fourth-order valence-electron chi connectivity index (χ4n) is 4.15. The van der Waals surface area contributed by atoms with Crippen LogP contribution in [0.4, 0.5) is 0 Å². The van der Waals surface area contributed by atoms with Crippen LogP contribution < -0.4 is 5.32 Å². The van der Waals surface area contributed by atoms with E-state index in [2.05, 4.69) is 28.4 Å². The molecule has 0 unspecified atom stereocenters. The SMILES string of the molecule is O=C(c1ccc2ccccc2c1)N1CCC2(CCNCC2)CC1. The van der Waals surface area contributed by atoms with Crippen molar-refractivity contribution in [2.24, 2.45) is 5.41 Å². The summed E-state index contributed by atoms with van der Waals surface area (Å²) in [5, 5.41) is 5.79. The van der Waals surface area contributed by atoms with E-state index in [0.717, 1.165) is 50.0 Å². The minimum Gasteiger partial charge on any atom is -0.339 e. The van der Waals surface area contributed by atoms with Crippen LogP contribution in [-0.4, -0.2) is 37.0 Å². The summed E-state index contributed by atoms with van der Waals surface area (Å²) in [4.78, 5) is 14.9. The molecule has 0 atom stereocenters. The Bertz CT molecular complexity index is 708. The zero-order valence-electron chi connectivity index (χ0n) is 13.6. The highest BCUT2D eigenvalue weighted by atomic mass is 16.2. The Morgan fingerprint density at radius 1 is 0.913 bits per heavy atom. The molecule has 2 aromatic carbocycles. The van der Waals surface area contributed by atoms with Gasteiger partial charge in [0.2, 0.25) is 0 Å². The molecule has 1 N–H and O–H groups in total. The number of piperidine rings is 2. The largest absolute Gasteiger partial charge is 0.339 e. The Balaban J connectivity index is 1.48. The number of amides is 1. The summed E-state index contributed by atoms with van der Waals surface area (Å²) < 4.78 is 0. The lowest BCUT2D eigenvalue weighted by Crippen LogP contribution is -2.47. The number of fused-ring (bicyclic) bond motifs is 1. The quantitative estimate of drug-likeness (QED) is 0.875. The zero-order valence-corrected chi connectivity index (χ0v) is 13.6. The molecule has 2 aromatic rings. The number of rotatable bonds is 1. The van der Waals surface area contributed by atoms with Crippen molar-refractivity contribution in [3.63, 3.8) is 0 Å².